The monoisotopic (exact) mass is 434 g/mol. The summed E-state index contributed by atoms with van der Waals surface area (Å²) in [5.74, 6) is -0.396. The summed E-state index contributed by atoms with van der Waals surface area (Å²) in [5.41, 5.74) is -0.424. The van der Waals surface area contributed by atoms with Gasteiger partial charge in [0.1, 0.15) is 11.9 Å². The molecule has 1 aromatic heterocycles. The van der Waals surface area contributed by atoms with Gasteiger partial charge in [0.15, 0.2) is 0 Å². The minimum atomic E-state index is -4.67. The normalized spacial score (nSPS) is 16.9. The molecule has 1 saturated heterocycles. The molecule has 1 fully saturated rings. The van der Waals surface area contributed by atoms with Gasteiger partial charge >= 0.3 is 12.2 Å². The van der Waals surface area contributed by atoms with Crippen molar-refractivity contribution in [3.63, 3.8) is 0 Å². The zero-order chi connectivity index (χ0) is 22.0. The zero-order valence-corrected chi connectivity index (χ0v) is 16.1. The molecule has 1 N–H and O–H groups in total. The molecule has 10 heteroatoms. The highest BCUT2D eigenvalue weighted by Gasteiger charge is 2.35. The lowest BCUT2D eigenvalue weighted by atomic mass is 10.1. The van der Waals surface area contributed by atoms with Crippen LogP contribution in [0, 0.1) is 5.82 Å². The van der Waals surface area contributed by atoms with E-state index in [1.165, 1.54) is 46.2 Å². The number of hydrogen-bond donors (Lipinski definition) is 1. The van der Waals surface area contributed by atoms with Crippen LogP contribution in [0.1, 0.15) is 17.2 Å². The third-order valence-electron chi connectivity index (χ3n) is 4.91. The molecule has 0 aliphatic carbocycles. The predicted octanol–water partition coefficient (Wildman–Crippen LogP) is 4.64. The van der Waals surface area contributed by atoms with Crippen molar-refractivity contribution in [2.45, 2.75) is 12.3 Å². The van der Waals surface area contributed by atoms with E-state index in [4.69, 9.17) is 4.74 Å². The number of carbonyl (C=O) groups excluding carboxylic acids is 1. The number of hydrogen-bond acceptors (Lipinski definition) is 3. The van der Waals surface area contributed by atoms with Crippen molar-refractivity contribution >= 4 is 11.7 Å². The van der Waals surface area contributed by atoms with Crippen LogP contribution in [-0.4, -0.2) is 40.4 Å². The van der Waals surface area contributed by atoms with E-state index in [1.807, 2.05) is 0 Å². The number of ether oxygens (including phenoxy) is 1. The molecule has 1 atom stereocenters. The lowest BCUT2D eigenvalue weighted by Gasteiger charge is -2.33. The van der Waals surface area contributed by atoms with E-state index in [9.17, 15) is 22.4 Å². The van der Waals surface area contributed by atoms with E-state index in [2.05, 4.69) is 10.4 Å². The van der Waals surface area contributed by atoms with E-state index in [0.717, 1.165) is 6.07 Å². The lowest BCUT2D eigenvalue weighted by Crippen LogP contribution is -2.44. The molecule has 2 heterocycles. The van der Waals surface area contributed by atoms with Crippen LogP contribution in [0.3, 0.4) is 0 Å². The van der Waals surface area contributed by atoms with Crippen LogP contribution in [0.4, 0.5) is 28.0 Å². The van der Waals surface area contributed by atoms with Crippen LogP contribution < -0.4 is 5.32 Å². The maximum Gasteiger partial charge on any atom is 0.418 e. The third-order valence-corrected chi connectivity index (χ3v) is 4.91. The summed E-state index contributed by atoms with van der Waals surface area (Å²) >= 11 is 0. The summed E-state index contributed by atoms with van der Waals surface area (Å²) in [6, 6.07) is 10.2. The van der Waals surface area contributed by atoms with Gasteiger partial charge in [-0.05, 0) is 42.0 Å². The molecule has 2 aromatic carbocycles. The highest BCUT2D eigenvalue weighted by Crippen LogP contribution is 2.36. The number of rotatable bonds is 3. The molecular weight excluding hydrogens is 416 g/mol. The van der Waals surface area contributed by atoms with E-state index in [0.29, 0.717) is 5.56 Å². The maximum atomic E-state index is 13.6. The van der Waals surface area contributed by atoms with Gasteiger partial charge in [0, 0.05) is 18.9 Å². The first kappa shape index (κ1) is 20.9. The van der Waals surface area contributed by atoms with Crippen LogP contribution in [-0.2, 0) is 10.9 Å². The lowest BCUT2D eigenvalue weighted by molar-refractivity contribution is -0.136. The predicted molar refractivity (Wildman–Crippen MR) is 104 cm³/mol. The molecule has 31 heavy (non-hydrogen) atoms. The van der Waals surface area contributed by atoms with Crippen molar-refractivity contribution in [2.24, 2.45) is 0 Å². The first-order chi connectivity index (χ1) is 14.8. The fourth-order valence-electron chi connectivity index (χ4n) is 3.35. The number of amides is 2. The Morgan fingerprint density at radius 3 is 2.61 bits per heavy atom. The van der Waals surface area contributed by atoms with Crippen molar-refractivity contribution in [1.29, 1.82) is 0 Å². The number of benzene rings is 2. The Balaban J connectivity index is 1.53. The number of morpholine rings is 1. The average molecular weight is 434 g/mol. The zero-order valence-electron chi connectivity index (χ0n) is 16.1. The summed E-state index contributed by atoms with van der Waals surface area (Å²) in [6.07, 6.45) is -2.19. The van der Waals surface area contributed by atoms with Crippen molar-refractivity contribution in [2.75, 3.05) is 25.0 Å². The summed E-state index contributed by atoms with van der Waals surface area (Å²) in [5, 5.41) is 6.29. The van der Waals surface area contributed by atoms with E-state index in [-0.39, 0.29) is 31.1 Å². The molecule has 2 amide bonds. The minimum absolute atomic E-state index is 0.129. The molecule has 0 bridgehead atoms. The van der Waals surface area contributed by atoms with Gasteiger partial charge in [0.25, 0.3) is 0 Å². The van der Waals surface area contributed by atoms with Gasteiger partial charge in [-0.1, -0.05) is 12.1 Å². The second-order valence-corrected chi connectivity index (χ2v) is 6.97. The molecule has 0 radical (unpaired) electrons. The Hall–Kier alpha value is -3.40. The van der Waals surface area contributed by atoms with Gasteiger partial charge < -0.3 is 15.0 Å². The highest BCUT2D eigenvalue weighted by atomic mass is 19.4. The number of urea groups is 1. The smallest absolute Gasteiger partial charge is 0.370 e. The van der Waals surface area contributed by atoms with Gasteiger partial charge in [0.2, 0.25) is 0 Å². The first-order valence-corrected chi connectivity index (χ1v) is 9.45. The standard InChI is InChI=1S/C21H18F4N4O2/c22-15-4-2-14(3-5-15)19-13-28(10-11-31-19)20(30)27-18-7-6-16(29-9-1-8-26-29)12-17(18)21(23,24)25/h1-9,12,19H,10-11,13H2,(H,27,30). The Kier molecular flexibility index (Phi) is 5.64. The summed E-state index contributed by atoms with van der Waals surface area (Å²) < 4.78 is 61.0. The van der Waals surface area contributed by atoms with Crippen LogP contribution in [0.2, 0.25) is 0 Å². The van der Waals surface area contributed by atoms with Crippen molar-refractivity contribution in [3.8, 4) is 5.69 Å². The largest absolute Gasteiger partial charge is 0.418 e. The number of carbonyl (C=O) groups is 1. The number of anilines is 1. The van der Waals surface area contributed by atoms with Crippen molar-refractivity contribution in [1.82, 2.24) is 14.7 Å². The number of halogens is 4. The Morgan fingerprint density at radius 1 is 1.16 bits per heavy atom. The average Bonchev–Trinajstić information content (AvgIpc) is 3.29. The minimum Gasteiger partial charge on any atom is -0.370 e. The van der Waals surface area contributed by atoms with Crippen LogP contribution in [0.25, 0.3) is 5.69 Å². The number of nitrogens with zero attached hydrogens (tertiary/aromatic N) is 3. The first-order valence-electron chi connectivity index (χ1n) is 9.45. The molecular formula is C21H18F4N4O2. The summed E-state index contributed by atoms with van der Waals surface area (Å²) in [7, 11) is 0. The Labute approximate surface area is 175 Å². The second-order valence-electron chi connectivity index (χ2n) is 6.97. The van der Waals surface area contributed by atoms with Gasteiger partial charge in [-0.15, -0.1) is 0 Å². The molecule has 6 nitrogen and oxygen atoms in total. The Morgan fingerprint density at radius 2 is 1.94 bits per heavy atom. The highest BCUT2D eigenvalue weighted by molar-refractivity contribution is 5.90. The molecule has 0 spiro atoms. The van der Waals surface area contributed by atoms with Gasteiger partial charge in [0.05, 0.1) is 30.1 Å². The SMILES string of the molecule is O=C(Nc1ccc(-n2cccn2)cc1C(F)(F)F)N1CCOC(c2ccc(F)cc2)C1. The number of aromatic nitrogens is 2. The summed E-state index contributed by atoms with van der Waals surface area (Å²) in [4.78, 5) is 14.1. The molecule has 1 unspecified atom stereocenters. The van der Waals surface area contributed by atoms with Gasteiger partial charge in [-0.25, -0.2) is 13.9 Å². The molecule has 162 valence electrons. The molecule has 0 saturated carbocycles. The van der Waals surface area contributed by atoms with E-state index < -0.39 is 29.7 Å². The van der Waals surface area contributed by atoms with Crippen molar-refractivity contribution < 1.29 is 27.1 Å². The van der Waals surface area contributed by atoms with Crippen molar-refractivity contribution in [3.05, 3.63) is 77.9 Å². The fourth-order valence-corrected chi connectivity index (χ4v) is 3.35. The quantitative estimate of drug-likeness (QED) is 0.612. The van der Waals surface area contributed by atoms with E-state index >= 15 is 0 Å². The topological polar surface area (TPSA) is 59.4 Å². The van der Waals surface area contributed by atoms with Crippen LogP contribution in [0.15, 0.2) is 60.9 Å². The molecule has 1 aliphatic heterocycles. The number of alkyl halides is 3. The molecule has 1 aliphatic rings. The number of nitrogens with one attached hydrogen (secondary N) is 1. The maximum absolute atomic E-state index is 13.6. The Bertz CT molecular complexity index is 1050. The fraction of sp³-hybridized carbons (Fsp3) is 0.238. The van der Waals surface area contributed by atoms with E-state index in [1.54, 1.807) is 18.2 Å². The van der Waals surface area contributed by atoms with Crippen LogP contribution >= 0.6 is 0 Å². The second kappa shape index (κ2) is 8.38. The molecule has 4 rings (SSSR count). The summed E-state index contributed by atoms with van der Waals surface area (Å²) in [6.45, 7) is 0.556. The van der Waals surface area contributed by atoms with Gasteiger partial charge in [-0.3, -0.25) is 0 Å². The van der Waals surface area contributed by atoms with Gasteiger partial charge in [-0.2, -0.15) is 18.3 Å². The molecule has 3 aromatic rings. The van der Waals surface area contributed by atoms with Crippen LogP contribution in [0.5, 0.6) is 0 Å². The third kappa shape index (κ3) is 4.69.